The van der Waals surface area contributed by atoms with E-state index in [1.165, 1.54) is 25.4 Å². The van der Waals surface area contributed by atoms with Crippen LogP contribution in [-0.2, 0) is 15.6 Å². The van der Waals surface area contributed by atoms with E-state index in [4.69, 9.17) is 16.3 Å². The van der Waals surface area contributed by atoms with Gasteiger partial charge >= 0.3 is 0 Å². The summed E-state index contributed by atoms with van der Waals surface area (Å²) in [6, 6.07) is 7.84. The summed E-state index contributed by atoms with van der Waals surface area (Å²) in [5.41, 5.74) is 0.634. The van der Waals surface area contributed by atoms with Gasteiger partial charge in [-0.1, -0.05) is 17.7 Å². The molecule has 0 aliphatic carbocycles. The average Bonchev–Trinajstić information content (AvgIpc) is 2.39. The average molecular weight is 298 g/mol. The Morgan fingerprint density at radius 3 is 2.68 bits per heavy atom. The van der Waals surface area contributed by atoms with Crippen molar-refractivity contribution >= 4 is 21.4 Å². The number of halogens is 1. The van der Waals surface area contributed by atoms with Crippen molar-refractivity contribution in [3.8, 4) is 5.75 Å². The Labute approximate surface area is 116 Å². The second-order valence-corrected chi connectivity index (χ2v) is 6.31. The standard InChI is InChI=1S/C13H12ClNO3S/c1-18-13-5-4-11(7-12(13)14)19(16,17)9-10-3-2-6-15-8-10/h2-8H,9H2,1H3. The van der Waals surface area contributed by atoms with E-state index in [0.29, 0.717) is 11.3 Å². The van der Waals surface area contributed by atoms with Crippen LogP contribution >= 0.6 is 11.6 Å². The molecule has 0 aliphatic rings. The highest BCUT2D eigenvalue weighted by molar-refractivity contribution is 7.90. The number of hydrogen-bond acceptors (Lipinski definition) is 4. The van der Waals surface area contributed by atoms with E-state index in [9.17, 15) is 8.42 Å². The van der Waals surface area contributed by atoms with E-state index < -0.39 is 9.84 Å². The molecular formula is C13H12ClNO3S. The van der Waals surface area contributed by atoms with Gasteiger partial charge in [-0.15, -0.1) is 0 Å². The molecule has 0 bridgehead atoms. The van der Waals surface area contributed by atoms with Crippen molar-refractivity contribution in [2.75, 3.05) is 7.11 Å². The topological polar surface area (TPSA) is 56.3 Å². The molecule has 0 spiro atoms. The number of nitrogens with zero attached hydrogens (tertiary/aromatic N) is 1. The van der Waals surface area contributed by atoms with Gasteiger partial charge < -0.3 is 4.74 Å². The Hall–Kier alpha value is -1.59. The maximum Gasteiger partial charge on any atom is 0.182 e. The Bertz CT molecular complexity index is 672. The van der Waals surface area contributed by atoms with E-state index in [2.05, 4.69) is 4.98 Å². The normalized spacial score (nSPS) is 11.3. The molecule has 0 aliphatic heterocycles. The van der Waals surface area contributed by atoms with Crippen LogP contribution in [0.25, 0.3) is 0 Å². The van der Waals surface area contributed by atoms with Gasteiger partial charge in [0.2, 0.25) is 0 Å². The summed E-state index contributed by atoms with van der Waals surface area (Å²) in [6.07, 6.45) is 3.13. The summed E-state index contributed by atoms with van der Waals surface area (Å²) in [6.45, 7) is 0. The number of rotatable bonds is 4. The summed E-state index contributed by atoms with van der Waals surface area (Å²) in [5.74, 6) is 0.339. The van der Waals surface area contributed by atoms with Crippen LogP contribution in [-0.4, -0.2) is 20.5 Å². The lowest BCUT2D eigenvalue weighted by atomic mass is 10.3. The van der Waals surface area contributed by atoms with Gasteiger partial charge in [-0.05, 0) is 29.8 Å². The fraction of sp³-hybridized carbons (Fsp3) is 0.154. The third kappa shape index (κ3) is 3.24. The molecule has 1 aromatic heterocycles. The summed E-state index contributed by atoms with van der Waals surface area (Å²) in [4.78, 5) is 4.07. The number of sulfone groups is 1. The number of aromatic nitrogens is 1. The minimum Gasteiger partial charge on any atom is -0.495 e. The Morgan fingerprint density at radius 1 is 1.32 bits per heavy atom. The number of benzene rings is 1. The Kier molecular flexibility index (Phi) is 4.07. The number of methoxy groups -OCH3 is 1. The molecule has 0 amide bonds. The summed E-state index contributed by atoms with van der Waals surface area (Å²) in [5, 5.41) is 0.273. The summed E-state index contributed by atoms with van der Waals surface area (Å²) >= 11 is 5.94. The fourth-order valence-corrected chi connectivity index (χ4v) is 3.30. The van der Waals surface area contributed by atoms with Crippen LogP contribution in [0.4, 0.5) is 0 Å². The molecule has 0 atom stereocenters. The molecule has 100 valence electrons. The van der Waals surface area contributed by atoms with Crippen LogP contribution < -0.4 is 4.74 Å². The van der Waals surface area contributed by atoms with Gasteiger partial charge in [0.15, 0.2) is 9.84 Å². The summed E-state index contributed by atoms with van der Waals surface area (Å²) < 4.78 is 29.4. The maximum absolute atomic E-state index is 12.2. The third-order valence-electron chi connectivity index (χ3n) is 2.56. The third-order valence-corrected chi connectivity index (χ3v) is 4.54. The SMILES string of the molecule is COc1ccc(S(=O)(=O)Cc2cccnc2)cc1Cl. The van der Waals surface area contributed by atoms with Crippen LogP contribution in [0.5, 0.6) is 5.75 Å². The first kappa shape index (κ1) is 13.8. The van der Waals surface area contributed by atoms with E-state index in [1.54, 1.807) is 24.4 Å². The number of pyridine rings is 1. The minimum atomic E-state index is -3.44. The molecular weight excluding hydrogens is 286 g/mol. The minimum absolute atomic E-state index is 0.108. The molecule has 1 aromatic carbocycles. The van der Waals surface area contributed by atoms with Gasteiger partial charge in [0.05, 0.1) is 22.8 Å². The van der Waals surface area contributed by atoms with Crippen molar-refractivity contribution in [1.29, 1.82) is 0 Å². The number of ether oxygens (including phenoxy) is 1. The smallest absolute Gasteiger partial charge is 0.182 e. The molecule has 0 fully saturated rings. The van der Waals surface area contributed by atoms with Gasteiger partial charge in [0.1, 0.15) is 5.75 Å². The first-order valence-electron chi connectivity index (χ1n) is 5.48. The van der Waals surface area contributed by atoms with Crippen molar-refractivity contribution < 1.29 is 13.2 Å². The second-order valence-electron chi connectivity index (χ2n) is 3.92. The van der Waals surface area contributed by atoms with Gasteiger partial charge in [-0.25, -0.2) is 8.42 Å². The molecule has 19 heavy (non-hydrogen) atoms. The molecule has 1 heterocycles. The molecule has 2 rings (SSSR count). The quantitative estimate of drug-likeness (QED) is 0.870. The maximum atomic E-state index is 12.2. The van der Waals surface area contributed by atoms with Crippen molar-refractivity contribution in [3.63, 3.8) is 0 Å². The monoisotopic (exact) mass is 297 g/mol. The second kappa shape index (κ2) is 5.59. The molecule has 0 saturated heterocycles. The van der Waals surface area contributed by atoms with Gasteiger partial charge in [0, 0.05) is 12.4 Å². The van der Waals surface area contributed by atoms with E-state index in [1.807, 2.05) is 0 Å². The van der Waals surface area contributed by atoms with Crippen LogP contribution in [0.2, 0.25) is 5.02 Å². The highest BCUT2D eigenvalue weighted by Crippen LogP contribution is 2.28. The molecule has 2 aromatic rings. The number of hydrogen-bond donors (Lipinski definition) is 0. The summed E-state index contributed by atoms with van der Waals surface area (Å²) in [7, 11) is -1.96. The lowest BCUT2D eigenvalue weighted by molar-refractivity contribution is 0.414. The fourth-order valence-electron chi connectivity index (χ4n) is 1.63. The first-order valence-corrected chi connectivity index (χ1v) is 7.51. The lowest BCUT2D eigenvalue weighted by Gasteiger charge is -2.07. The zero-order chi connectivity index (χ0) is 13.9. The highest BCUT2D eigenvalue weighted by atomic mass is 35.5. The molecule has 4 nitrogen and oxygen atoms in total. The van der Waals surface area contributed by atoms with Crippen molar-refractivity contribution in [3.05, 3.63) is 53.3 Å². The van der Waals surface area contributed by atoms with Crippen LogP contribution in [0, 0.1) is 0 Å². The predicted octanol–water partition coefficient (Wildman–Crippen LogP) is 2.72. The lowest BCUT2D eigenvalue weighted by Crippen LogP contribution is -2.05. The van der Waals surface area contributed by atoms with Crippen LogP contribution in [0.3, 0.4) is 0 Å². The van der Waals surface area contributed by atoms with E-state index in [-0.39, 0.29) is 15.7 Å². The van der Waals surface area contributed by atoms with Crippen LogP contribution in [0.1, 0.15) is 5.56 Å². The molecule has 0 unspecified atom stereocenters. The highest BCUT2D eigenvalue weighted by Gasteiger charge is 2.17. The Morgan fingerprint density at radius 2 is 2.11 bits per heavy atom. The van der Waals surface area contributed by atoms with Gasteiger partial charge in [-0.3, -0.25) is 4.98 Å². The molecule has 0 saturated carbocycles. The molecule has 0 N–H and O–H groups in total. The van der Waals surface area contributed by atoms with E-state index in [0.717, 1.165) is 0 Å². The Balaban J connectivity index is 2.32. The van der Waals surface area contributed by atoms with Gasteiger partial charge in [0.25, 0.3) is 0 Å². The molecule has 6 heteroatoms. The molecule has 0 radical (unpaired) electrons. The zero-order valence-electron chi connectivity index (χ0n) is 10.2. The van der Waals surface area contributed by atoms with Gasteiger partial charge in [-0.2, -0.15) is 0 Å². The van der Waals surface area contributed by atoms with Crippen molar-refractivity contribution in [2.45, 2.75) is 10.6 Å². The zero-order valence-corrected chi connectivity index (χ0v) is 11.8. The van der Waals surface area contributed by atoms with Crippen LogP contribution in [0.15, 0.2) is 47.6 Å². The largest absolute Gasteiger partial charge is 0.495 e. The van der Waals surface area contributed by atoms with Crippen molar-refractivity contribution in [2.24, 2.45) is 0 Å². The van der Waals surface area contributed by atoms with E-state index >= 15 is 0 Å². The first-order chi connectivity index (χ1) is 9.03. The van der Waals surface area contributed by atoms with Crippen molar-refractivity contribution in [1.82, 2.24) is 4.98 Å². The predicted molar refractivity (Wildman–Crippen MR) is 73.1 cm³/mol.